The van der Waals surface area contributed by atoms with Crippen molar-refractivity contribution in [2.24, 2.45) is 0 Å². The third-order valence-corrected chi connectivity index (χ3v) is 4.86. The van der Waals surface area contributed by atoms with Crippen LogP contribution < -0.4 is 10.9 Å². The van der Waals surface area contributed by atoms with Gasteiger partial charge in [-0.1, -0.05) is 25.1 Å². The Hall–Kier alpha value is -3.48. The van der Waals surface area contributed by atoms with Crippen molar-refractivity contribution in [3.05, 3.63) is 76.5 Å². The molecule has 7 heteroatoms. The minimum absolute atomic E-state index is 0.0906. The van der Waals surface area contributed by atoms with Crippen molar-refractivity contribution in [2.45, 2.75) is 32.9 Å². The van der Waals surface area contributed by atoms with Crippen molar-refractivity contribution in [1.82, 2.24) is 24.5 Å². The maximum Gasteiger partial charge on any atom is 0.273 e. The largest absolute Gasteiger partial charge is 0.350 e. The van der Waals surface area contributed by atoms with E-state index in [1.807, 2.05) is 59.4 Å². The highest BCUT2D eigenvalue weighted by Crippen LogP contribution is 2.26. The van der Waals surface area contributed by atoms with Gasteiger partial charge >= 0.3 is 0 Å². The van der Waals surface area contributed by atoms with E-state index < -0.39 is 6.04 Å². The molecule has 1 N–H and O–H groups in total. The van der Waals surface area contributed by atoms with Gasteiger partial charge in [0.15, 0.2) is 5.65 Å². The summed E-state index contributed by atoms with van der Waals surface area (Å²) in [5.41, 5.74) is 2.83. The zero-order chi connectivity index (χ0) is 19.7. The van der Waals surface area contributed by atoms with Gasteiger partial charge in [-0.2, -0.15) is 4.98 Å². The quantitative estimate of drug-likeness (QED) is 0.581. The first-order chi connectivity index (χ1) is 13.6. The van der Waals surface area contributed by atoms with Gasteiger partial charge in [0.25, 0.3) is 5.56 Å². The normalized spacial score (nSPS) is 12.4. The molecule has 0 spiro atoms. The number of pyridine rings is 1. The number of amides is 1. The van der Waals surface area contributed by atoms with Crippen LogP contribution in [0.4, 0.5) is 0 Å². The molecule has 7 nitrogen and oxygen atoms in total. The molecule has 4 aromatic rings. The lowest BCUT2D eigenvalue weighted by atomic mass is 10.2. The molecule has 0 aliphatic heterocycles. The van der Waals surface area contributed by atoms with Crippen LogP contribution in [0.2, 0.25) is 0 Å². The average Bonchev–Trinajstić information content (AvgIpc) is 3.03. The molecule has 0 aliphatic rings. The van der Waals surface area contributed by atoms with E-state index in [1.165, 1.54) is 6.07 Å². The minimum atomic E-state index is -0.443. The predicted octanol–water partition coefficient (Wildman–Crippen LogP) is 2.62. The molecule has 0 fully saturated rings. The van der Waals surface area contributed by atoms with Gasteiger partial charge in [0.2, 0.25) is 5.91 Å². The molecular formula is C21H21N5O2. The fourth-order valence-electron chi connectivity index (χ4n) is 3.59. The van der Waals surface area contributed by atoms with Gasteiger partial charge in [0, 0.05) is 36.1 Å². The van der Waals surface area contributed by atoms with Crippen LogP contribution in [0.5, 0.6) is 0 Å². The minimum Gasteiger partial charge on any atom is -0.350 e. The summed E-state index contributed by atoms with van der Waals surface area (Å²) in [4.78, 5) is 33.3. The molecule has 28 heavy (non-hydrogen) atoms. The van der Waals surface area contributed by atoms with E-state index in [0.717, 1.165) is 22.2 Å². The molecule has 1 aromatic carbocycles. The maximum absolute atomic E-state index is 13.1. The summed E-state index contributed by atoms with van der Waals surface area (Å²) in [6.45, 7) is 4.23. The smallest absolute Gasteiger partial charge is 0.273 e. The fourth-order valence-corrected chi connectivity index (χ4v) is 3.59. The zero-order valence-corrected chi connectivity index (χ0v) is 15.8. The molecule has 0 bridgehead atoms. The number of carbonyl (C=O) groups is 1. The topological polar surface area (TPSA) is 81.3 Å². The second-order valence-corrected chi connectivity index (χ2v) is 6.74. The van der Waals surface area contributed by atoms with Crippen LogP contribution in [0.3, 0.4) is 0 Å². The van der Waals surface area contributed by atoms with Gasteiger partial charge in [-0.15, -0.1) is 0 Å². The number of aryl methyl sites for hydroxylation is 1. The van der Waals surface area contributed by atoms with Crippen LogP contribution in [-0.4, -0.2) is 25.1 Å². The number of aromatic nitrogens is 4. The Kier molecular flexibility index (Phi) is 4.65. The third kappa shape index (κ3) is 3.05. The van der Waals surface area contributed by atoms with Crippen molar-refractivity contribution in [3.63, 3.8) is 0 Å². The highest BCUT2D eigenvalue weighted by atomic mass is 16.2. The maximum atomic E-state index is 13.1. The molecule has 142 valence electrons. The summed E-state index contributed by atoms with van der Waals surface area (Å²) in [6, 6.07) is 12.5. The van der Waals surface area contributed by atoms with Gasteiger partial charge in [-0.3, -0.25) is 19.3 Å². The van der Waals surface area contributed by atoms with Crippen LogP contribution in [0.25, 0.3) is 16.6 Å². The number of fused-ring (bicyclic) bond motifs is 3. The van der Waals surface area contributed by atoms with Gasteiger partial charge in [-0.25, -0.2) is 4.52 Å². The molecule has 0 saturated heterocycles. The van der Waals surface area contributed by atoms with E-state index in [2.05, 4.69) is 15.3 Å². The lowest BCUT2D eigenvalue weighted by Gasteiger charge is -2.20. The van der Waals surface area contributed by atoms with Gasteiger partial charge in [-0.05, 0) is 37.1 Å². The molecule has 0 aliphatic carbocycles. The number of para-hydroxylation sites is 1. The second-order valence-electron chi connectivity index (χ2n) is 6.74. The Morgan fingerprint density at radius 3 is 2.79 bits per heavy atom. The van der Waals surface area contributed by atoms with Gasteiger partial charge in [0.05, 0.1) is 5.52 Å². The number of hydrogen-bond acceptors (Lipinski definition) is 4. The number of nitrogens with one attached hydrogen (secondary N) is 1. The predicted molar refractivity (Wildman–Crippen MR) is 107 cm³/mol. The van der Waals surface area contributed by atoms with Crippen LogP contribution in [0.15, 0.2) is 59.7 Å². The Labute approximate surface area is 161 Å². The molecule has 3 heterocycles. The summed E-state index contributed by atoms with van der Waals surface area (Å²) >= 11 is 0. The second kappa shape index (κ2) is 7.26. The number of carbonyl (C=O) groups excluding carboxylic acids is 1. The number of benzene rings is 1. The lowest BCUT2D eigenvalue weighted by molar-refractivity contribution is -0.124. The van der Waals surface area contributed by atoms with E-state index >= 15 is 0 Å². The molecule has 1 amide bonds. The van der Waals surface area contributed by atoms with Crippen molar-refractivity contribution >= 4 is 22.5 Å². The summed E-state index contributed by atoms with van der Waals surface area (Å²) in [7, 11) is 0. The van der Waals surface area contributed by atoms with E-state index in [4.69, 9.17) is 0 Å². The molecule has 3 aromatic heterocycles. The standard InChI is InChI=1S/C21H21N5O2/c1-3-17(21(28)23-13-15-7-6-10-22-12-15)26-18-9-5-4-8-16(18)20-24-19(27)11-14(2)25(20)26/h4-12,17H,3,13H2,1-2H3,(H,23,28)/t17-/m0/s1. The average molecular weight is 375 g/mol. The van der Waals surface area contributed by atoms with E-state index in [9.17, 15) is 9.59 Å². The van der Waals surface area contributed by atoms with Crippen LogP contribution in [0, 0.1) is 6.92 Å². The third-order valence-electron chi connectivity index (χ3n) is 4.86. The van der Waals surface area contributed by atoms with Crippen molar-refractivity contribution in [3.8, 4) is 0 Å². The Bertz CT molecular complexity index is 1210. The highest BCUT2D eigenvalue weighted by Gasteiger charge is 2.24. The van der Waals surface area contributed by atoms with Crippen LogP contribution >= 0.6 is 0 Å². The highest BCUT2D eigenvalue weighted by molar-refractivity contribution is 5.94. The van der Waals surface area contributed by atoms with E-state index in [-0.39, 0.29) is 11.5 Å². The number of hydrogen-bond donors (Lipinski definition) is 1. The molecule has 1 atom stereocenters. The van der Waals surface area contributed by atoms with Crippen LogP contribution in [0.1, 0.15) is 30.6 Å². The first-order valence-electron chi connectivity index (χ1n) is 9.26. The first-order valence-corrected chi connectivity index (χ1v) is 9.26. The number of rotatable bonds is 5. The van der Waals surface area contributed by atoms with E-state index in [0.29, 0.717) is 18.6 Å². The summed E-state index contributed by atoms with van der Waals surface area (Å²) in [5, 5.41) is 3.85. The summed E-state index contributed by atoms with van der Waals surface area (Å²) < 4.78 is 3.80. The molecule has 0 unspecified atom stereocenters. The summed E-state index contributed by atoms with van der Waals surface area (Å²) in [6.07, 6.45) is 4.04. The monoisotopic (exact) mass is 375 g/mol. The SMILES string of the molecule is CC[C@@H](C(=O)NCc1cccnc1)n1c2ccccc2c2nc(=O)cc(C)n21. The first kappa shape index (κ1) is 17.9. The molecule has 0 saturated carbocycles. The van der Waals surface area contributed by atoms with Crippen molar-refractivity contribution in [2.75, 3.05) is 0 Å². The molecule has 0 radical (unpaired) electrons. The fraction of sp³-hybridized carbons (Fsp3) is 0.238. The Morgan fingerprint density at radius 1 is 1.21 bits per heavy atom. The van der Waals surface area contributed by atoms with Crippen molar-refractivity contribution < 1.29 is 4.79 Å². The zero-order valence-electron chi connectivity index (χ0n) is 15.8. The number of nitrogens with zero attached hydrogens (tertiary/aromatic N) is 4. The lowest BCUT2D eigenvalue weighted by Crippen LogP contribution is -2.34. The molecular weight excluding hydrogens is 354 g/mol. The Morgan fingerprint density at radius 2 is 2.04 bits per heavy atom. The summed E-state index contributed by atoms with van der Waals surface area (Å²) in [5.74, 6) is -0.0906. The Balaban J connectivity index is 1.81. The molecule has 4 rings (SSSR count). The van der Waals surface area contributed by atoms with Gasteiger partial charge in [0.1, 0.15) is 6.04 Å². The van der Waals surface area contributed by atoms with Crippen LogP contribution in [-0.2, 0) is 11.3 Å². The van der Waals surface area contributed by atoms with Crippen molar-refractivity contribution in [1.29, 1.82) is 0 Å². The van der Waals surface area contributed by atoms with E-state index in [1.54, 1.807) is 12.4 Å². The van der Waals surface area contributed by atoms with Gasteiger partial charge < -0.3 is 5.32 Å².